The van der Waals surface area contributed by atoms with Crippen molar-refractivity contribution >= 4 is 23.1 Å². The van der Waals surface area contributed by atoms with Crippen LogP contribution in [0, 0.1) is 0 Å². The average Bonchev–Trinajstić information content (AvgIpc) is 2.78. The largest absolute Gasteiger partial charge is 0.494 e. The fourth-order valence-electron chi connectivity index (χ4n) is 2.80. The molecule has 6 heteroatoms. The Balaban J connectivity index is 1.39. The Morgan fingerprint density at radius 2 is 1.33 bits per heavy atom. The highest BCUT2D eigenvalue weighted by Crippen LogP contribution is 2.24. The van der Waals surface area contributed by atoms with Gasteiger partial charge in [0.2, 0.25) is 5.95 Å². The molecule has 0 aliphatic carbocycles. The van der Waals surface area contributed by atoms with E-state index >= 15 is 0 Å². The lowest BCUT2D eigenvalue weighted by Crippen LogP contribution is -2.00. The summed E-state index contributed by atoms with van der Waals surface area (Å²) in [7, 11) is 0. The van der Waals surface area contributed by atoms with E-state index < -0.39 is 0 Å². The van der Waals surface area contributed by atoms with E-state index in [1.807, 2.05) is 91.9 Å². The molecule has 6 nitrogen and oxygen atoms in total. The molecule has 0 aliphatic rings. The zero-order valence-electron chi connectivity index (χ0n) is 16.6. The summed E-state index contributed by atoms with van der Waals surface area (Å²) in [6.07, 6.45) is 1.71. The number of nitrogens with one attached hydrogen (secondary N) is 2. The van der Waals surface area contributed by atoms with E-state index in [1.165, 1.54) is 0 Å². The van der Waals surface area contributed by atoms with E-state index in [0.29, 0.717) is 18.4 Å². The summed E-state index contributed by atoms with van der Waals surface area (Å²) in [5.74, 6) is 3.60. The third kappa shape index (κ3) is 5.26. The SMILES string of the molecule is CCOc1ccc(Nc2ccnc(Nc3ccc(Oc4ccccc4)cc3)n2)cc1. The van der Waals surface area contributed by atoms with Crippen molar-refractivity contribution in [3.05, 3.63) is 91.1 Å². The molecule has 2 N–H and O–H groups in total. The summed E-state index contributed by atoms with van der Waals surface area (Å²) in [5.41, 5.74) is 1.79. The molecule has 1 aromatic heterocycles. The number of hydrogen-bond donors (Lipinski definition) is 2. The minimum atomic E-state index is 0.502. The van der Waals surface area contributed by atoms with Crippen LogP contribution in [0.5, 0.6) is 17.2 Å². The number of hydrogen-bond acceptors (Lipinski definition) is 6. The molecule has 1 heterocycles. The van der Waals surface area contributed by atoms with Crippen molar-refractivity contribution in [2.75, 3.05) is 17.2 Å². The molecule has 0 radical (unpaired) electrons. The Morgan fingerprint density at radius 3 is 2.03 bits per heavy atom. The second-order valence-corrected chi connectivity index (χ2v) is 6.41. The van der Waals surface area contributed by atoms with Crippen LogP contribution in [0.25, 0.3) is 0 Å². The predicted molar refractivity (Wildman–Crippen MR) is 119 cm³/mol. The highest BCUT2D eigenvalue weighted by molar-refractivity contribution is 5.60. The van der Waals surface area contributed by atoms with Gasteiger partial charge in [-0.25, -0.2) is 4.98 Å². The van der Waals surface area contributed by atoms with Gasteiger partial charge in [0.15, 0.2) is 0 Å². The van der Waals surface area contributed by atoms with Gasteiger partial charge in [0.25, 0.3) is 0 Å². The molecule has 0 spiro atoms. The van der Waals surface area contributed by atoms with Crippen LogP contribution < -0.4 is 20.1 Å². The lowest BCUT2D eigenvalue weighted by molar-refractivity contribution is 0.340. The fourth-order valence-corrected chi connectivity index (χ4v) is 2.80. The van der Waals surface area contributed by atoms with Crippen LogP contribution in [0.15, 0.2) is 91.1 Å². The maximum atomic E-state index is 5.81. The first-order valence-electron chi connectivity index (χ1n) is 9.71. The standard InChI is InChI=1S/C24H22N4O2/c1-2-29-20-12-8-18(9-13-20)26-23-16-17-25-24(28-23)27-19-10-14-22(15-11-19)30-21-6-4-3-5-7-21/h3-17H,2H2,1H3,(H2,25,26,27,28). The Bertz CT molecular complexity index is 1070. The Morgan fingerprint density at radius 1 is 0.700 bits per heavy atom. The van der Waals surface area contributed by atoms with Crippen molar-refractivity contribution in [2.24, 2.45) is 0 Å². The number of rotatable bonds is 8. The van der Waals surface area contributed by atoms with E-state index in [4.69, 9.17) is 9.47 Å². The van der Waals surface area contributed by atoms with E-state index in [0.717, 1.165) is 28.6 Å². The van der Waals surface area contributed by atoms with Crippen LogP contribution in [0.1, 0.15) is 6.92 Å². The van der Waals surface area contributed by atoms with Gasteiger partial charge in [-0.1, -0.05) is 18.2 Å². The number of ether oxygens (including phenoxy) is 2. The molecule has 0 atom stereocenters. The van der Waals surface area contributed by atoms with Crippen LogP contribution in [0.3, 0.4) is 0 Å². The lowest BCUT2D eigenvalue weighted by Gasteiger charge is -2.10. The zero-order chi connectivity index (χ0) is 20.6. The summed E-state index contributed by atoms with van der Waals surface area (Å²) in [6.45, 7) is 2.61. The normalized spacial score (nSPS) is 10.3. The van der Waals surface area contributed by atoms with Gasteiger partial charge in [0, 0.05) is 17.6 Å². The average molecular weight is 398 g/mol. The van der Waals surface area contributed by atoms with Crippen molar-refractivity contribution in [2.45, 2.75) is 6.92 Å². The molecule has 4 rings (SSSR count). The van der Waals surface area contributed by atoms with Crippen molar-refractivity contribution < 1.29 is 9.47 Å². The van der Waals surface area contributed by atoms with Crippen molar-refractivity contribution in [3.63, 3.8) is 0 Å². The number of aromatic nitrogens is 2. The molecule has 4 aromatic rings. The third-order valence-corrected chi connectivity index (χ3v) is 4.18. The van der Waals surface area contributed by atoms with Gasteiger partial charge in [-0.3, -0.25) is 0 Å². The van der Waals surface area contributed by atoms with Crippen LogP contribution in [0.4, 0.5) is 23.1 Å². The van der Waals surface area contributed by atoms with Gasteiger partial charge in [-0.05, 0) is 73.7 Å². The summed E-state index contributed by atoms with van der Waals surface area (Å²) in [4.78, 5) is 8.81. The summed E-state index contributed by atoms with van der Waals surface area (Å²) < 4.78 is 11.3. The predicted octanol–water partition coefficient (Wildman–Crippen LogP) is 6.15. The molecule has 0 unspecified atom stereocenters. The molecule has 0 aliphatic heterocycles. The first kappa shape index (κ1) is 19.3. The monoisotopic (exact) mass is 398 g/mol. The maximum Gasteiger partial charge on any atom is 0.229 e. The van der Waals surface area contributed by atoms with Crippen LogP contribution in [-0.4, -0.2) is 16.6 Å². The third-order valence-electron chi connectivity index (χ3n) is 4.18. The first-order valence-corrected chi connectivity index (χ1v) is 9.71. The molecule has 0 amide bonds. The first-order chi connectivity index (χ1) is 14.8. The van der Waals surface area contributed by atoms with Crippen LogP contribution >= 0.6 is 0 Å². The Kier molecular flexibility index (Phi) is 6.05. The van der Waals surface area contributed by atoms with E-state index in [9.17, 15) is 0 Å². The molecule has 3 aromatic carbocycles. The number of anilines is 4. The molecular weight excluding hydrogens is 376 g/mol. The van der Waals surface area contributed by atoms with Gasteiger partial charge in [0.05, 0.1) is 6.61 Å². The summed E-state index contributed by atoms with van der Waals surface area (Å²) >= 11 is 0. The van der Waals surface area contributed by atoms with Crippen molar-refractivity contribution in [3.8, 4) is 17.2 Å². The lowest BCUT2D eigenvalue weighted by atomic mass is 10.3. The zero-order valence-corrected chi connectivity index (χ0v) is 16.6. The van der Waals surface area contributed by atoms with E-state index in [1.54, 1.807) is 6.20 Å². The molecule has 150 valence electrons. The Labute approximate surface area is 175 Å². The number of para-hydroxylation sites is 1. The summed E-state index contributed by atoms with van der Waals surface area (Å²) in [5, 5.41) is 6.48. The van der Waals surface area contributed by atoms with Crippen LogP contribution in [-0.2, 0) is 0 Å². The smallest absolute Gasteiger partial charge is 0.229 e. The van der Waals surface area contributed by atoms with E-state index in [-0.39, 0.29) is 0 Å². The van der Waals surface area contributed by atoms with Gasteiger partial charge < -0.3 is 20.1 Å². The van der Waals surface area contributed by atoms with Gasteiger partial charge in [-0.2, -0.15) is 4.98 Å². The molecule has 0 saturated carbocycles. The molecular formula is C24H22N4O2. The topological polar surface area (TPSA) is 68.3 Å². The van der Waals surface area contributed by atoms with Crippen molar-refractivity contribution in [1.82, 2.24) is 9.97 Å². The molecule has 0 fully saturated rings. The maximum absolute atomic E-state index is 5.81. The van der Waals surface area contributed by atoms with Gasteiger partial charge in [-0.15, -0.1) is 0 Å². The minimum Gasteiger partial charge on any atom is -0.494 e. The van der Waals surface area contributed by atoms with Crippen molar-refractivity contribution in [1.29, 1.82) is 0 Å². The van der Waals surface area contributed by atoms with Gasteiger partial charge >= 0.3 is 0 Å². The highest BCUT2D eigenvalue weighted by atomic mass is 16.5. The minimum absolute atomic E-state index is 0.502. The fraction of sp³-hybridized carbons (Fsp3) is 0.0833. The second kappa shape index (κ2) is 9.43. The highest BCUT2D eigenvalue weighted by Gasteiger charge is 2.03. The summed E-state index contributed by atoms with van der Waals surface area (Å²) in [6, 6.07) is 26.9. The molecule has 30 heavy (non-hydrogen) atoms. The molecule has 0 saturated heterocycles. The molecule has 0 bridgehead atoms. The number of benzene rings is 3. The second-order valence-electron chi connectivity index (χ2n) is 6.41. The number of nitrogens with zero attached hydrogens (tertiary/aromatic N) is 2. The van der Waals surface area contributed by atoms with Gasteiger partial charge in [0.1, 0.15) is 23.1 Å². The van der Waals surface area contributed by atoms with E-state index in [2.05, 4.69) is 20.6 Å². The Hall–Kier alpha value is -4.06. The quantitative estimate of drug-likeness (QED) is 0.371. The van der Waals surface area contributed by atoms with Crippen LogP contribution in [0.2, 0.25) is 0 Å².